The van der Waals surface area contributed by atoms with Crippen LogP contribution in [0.15, 0.2) is 46.9 Å². The Morgan fingerprint density at radius 2 is 1.58 bits per heavy atom. The topological polar surface area (TPSA) is 72.8 Å². The lowest BCUT2D eigenvalue weighted by molar-refractivity contribution is 0.0696. The van der Waals surface area contributed by atoms with Gasteiger partial charge < -0.3 is 14.6 Å². The summed E-state index contributed by atoms with van der Waals surface area (Å²) in [5, 5.41) is 8.87. The molecule has 0 aliphatic rings. The molecule has 0 bridgehead atoms. The van der Waals surface area contributed by atoms with Crippen LogP contribution in [0.3, 0.4) is 0 Å². The quantitative estimate of drug-likeness (QED) is 0.594. The Bertz CT molecular complexity index is 794. The molecule has 1 N–H and O–H groups in total. The van der Waals surface area contributed by atoms with Gasteiger partial charge in [0.05, 0.1) is 24.3 Å². The lowest BCUT2D eigenvalue weighted by Gasteiger charge is -2.09. The van der Waals surface area contributed by atoms with E-state index in [1.165, 1.54) is 37.5 Å². The summed E-state index contributed by atoms with van der Waals surface area (Å²) in [4.78, 5) is 23.0. The molecule has 2 aromatic carbocycles. The number of halogens is 1. The maximum absolute atomic E-state index is 12.2. The zero-order valence-electron chi connectivity index (χ0n) is 13.1. The van der Waals surface area contributed by atoms with Gasteiger partial charge in [-0.3, -0.25) is 4.79 Å². The molecular formula is C18H15BrO5. The van der Waals surface area contributed by atoms with E-state index in [0.29, 0.717) is 22.6 Å². The van der Waals surface area contributed by atoms with E-state index in [-0.39, 0.29) is 11.3 Å². The second-order valence-electron chi connectivity index (χ2n) is 4.81. The summed E-state index contributed by atoms with van der Waals surface area (Å²) >= 11 is 3.39. The van der Waals surface area contributed by atoms with Crippen molar-refractivity contribution in [3.8, 4) is 11.5 Å². The maximum atomic E-state index is 12.2. The second-order valence-corrected chi connectivity index (χ2v) is 5.66. The third-order valence-electron chi connectivity index (χ3n) is 3.33. The van der Waals surface area contributed by atoms with Crippen molar-refractivity contribution in [3.05, 3.63) is 63.6 Å². The van der Waals surface area contributed by atoms with Crippen LogP contribution >= 0.6 is 15.9 Å². The minimum atomic E-state index is -1.03. The number of ether oxygens (including phenoxy) is 2. The fourth-order valence-electron chi connectivity index (χ4n) is 2.05. The Balaban J connectivity index is 2.25. The van der Waals surface area contributed by atoms with Crippen LogP contribution in [0.4, 0.5) is 0 Å². The summed E-state index contributed by atoms with van der Waals surface area (Å²) in [5.41, 5.74) is 1.25. The number of aromatic carboxylic acids is 1. The molecule has 124 valence electrons. The highest BCUT2D eigenvalue weighted by Crippen LogP contribution is 2.33. The largest absolute Gasteiger partial charge is 0.496 e. The van der Waals surface area contributed by atoms with Crippen molar-refractivity contribution in [1.82, 2.24) is 0 Å². The van der Waals surface area contributed by atoms with Gasteiger partial charge in [0.25, 0.3) is 0 Å². The summed E-state index contributed by atoms with van der Waals surface area (Å²) in [5.74, 6) is -0.0711. The van der Waals surface area contributed by atoms with Gasteiger partial charge in [0.2, 0.25) is 0 Å². The maximum Gasteiger partial charge on any atom is 0.335 e. The monoisotopic (exact) mass is 390 g/mol. The molecule has 0 aliphatic heterocycles. The summed E-state index contributed by atoms with van der Waals surface area (Å²) in [6, 6.07) is 9.27. The first kappa shape index (κ1) is 17.7. The smallest absolute Gasteiger partial charge is 0.335 e. The predicted molar refractivity (Wildman–Crippen MR) is 94.0 cm³/mol. The molecule has 24 heavy (non-hydrogen) atoms. The minimum absolute atomic E-state index is 0.135. The van der Waals surface area contributed by atoms with Crippen molar-refractivity contribution in [3.63, 3.8) is 0 Å². The zero-order valence-corrected chi connectivity index (χ0v) is 14.7. The molecule has 2 rings (SSSR count). The van der Waals surface area contributed by atoms with Gasteiger partial charge in [-0.1, -0.05) is 12.1 Å². The number of carboxylic acids is 1. The van der Waals surface area contributed by atoms with Crippen molar-refractivity contribution in [2.45, 2.75) is 0 Å². The van der Waals surface area contributed by atoms with Crippen LogP contribution in [-0.2, 0) is 0 Å². The number of carboxylic acid groups (broad SMARTS) is 1. The molecule has 0 spiro atoms. The van der Waals surface area contributed by atoms with E-state index in [0.717, 1.165) is 4.47 Å². The van der Waals surface area contributed by atoms with Crippen LogP contribution in [-0.4, -0.2) is 31.1 Å². The Hall–Kier alpha value is -2.60. The average molecular weight is 391 g/mol. The number of hydrogen-bond donors (Lipinski definition) is 1. The number of methoxy groups -OCH3 is 2. The van der Waals surface area contributed by atoms with Crippen molar-refractivity contribution in [1.29, 1.82) is 0 Å². The molecule has 0 heterocycles. The normalized spacial score (nSPS) is 10.6. The summed E-state index contributed by atoms with van der Waals surface area (Å²) in [6.07, 6.45) is 3.04. The van der Waals surface area contributed by atoms with Crippen molar-refractivity contribution in [2.24, 2.45) is 0 Å². The van der Waals surface area contributed by atoms with Crippen molar-refractivity contribution in [2.75, 3.05) is 14.2 Å². The highest BCUT2D eigenvalue weighted by Gasteiger charge is 2.09. The molecule has 0 saturated carbocycles. The molecule has 0 amide bonds. The van der Waals surface area contributed by atoms with Crippen LogP contribution in [0.2, 0.25) is 0 Å². The lowest BCUT2D eigenvalue weighted by Crippen LogP contribution is -1.99. The molecule has 0 atom stereocenters. The van der Waals surface area contributed by atoms with E-state index >= 15 is 0 Å². The van der Waals surface area contributed by atoms with Crippen molar-refractivity contribution >= 4 is 33.8 Å². The number of allylic oxidation sites excluding steroid dienone is 1. The van der Waals surface area contributed by atoms with Gasteiger partial charge in [0.1, 0.15) is 11.5 Å². The summed E-state index contributed by atoms with van der Waals surface area (Å²) in [7, 11) is 3.09. The van der Waals surface area contributed by atoms with Gasteiger partial charge >= 0.3 is 5.97 Å². The molecule has 2 aromatic rings. The molecule has 0 radical (unpaired) electrons. The third-order valence-corrected chi connectivity index (χ3v) is 3.95. The number of carbonyl (C=O) groups is 2. The fourth-order valence-corrected chi connectivity index (χ4v) is 2.58. The highest BCUT2D eigenvalue weighted by atomic mass is 79.9. The fraction of sp³-hybridized carbons (Fsp3) is 0.111. The van der Waals surface area contributed by atoms with Crippen LogP contribution < -0.4 is 9.47 Å². The molecule has 6 heteroatoms. The number of hydrogen-bond acceptors (Lipinski definition) is 4. The van der Waals surface area contributed by atoms with Crippen LogP contribution in [0.1, 0.15) is 26.3 Å². The predicted octanol–water partition coefficient (Wildman–Crippen LogP) is 4.06. The second kappa shape index (κ2) is 7.79. The third kappa shape index (κ3) is 4.02. The Labute approximate surface area is 147 Å². The number of rotatable bonds is 6. The van der Waals surface area contributed by atoms with Gasteiger partial charge in [-0.2, -0.15) is 0 Å². The minimum Gasteiger partial charge on any atom is -0.496 e. The number of benzene rings is 2. The number of ketones is 1. The zero-order chi connectivity index (χ0) is 17.7. The first-order chi connectivity index (χ1) is 11.5. The summed E-state index contributed by atoms with van der Waals surface area (Å²) < 4.78 is 11.2. The molecule has 0 saturated heterocycles. The van der Waals surface area contributed by atoms with E-state index < -0.39 is 5.97 Å². The van der Waals surface area contributed by atoms with Gasteiger partial charge in [0.15, 0.2) is 5.78 Å². The van der Waals surface area contributed by atoms with Crippen LogP contribution in [0.5, 0.6) is 11.5 Å². The van der Waals surface area contributed by atoms with E-state index in [1.807, 2.05) is 0 Å². The standard InChI is InChI=1S/C18H15BrO5/c1-23-16-10-17(24-2)14(19)9-13(16)7-8-15(20)11-3-5-12(6-4-11)18(21)22/h3-10H,1-2H3,(H,21,22)/b8-7+. The summed E-state index contributed by atoms with van der Waals surface area (Å²) in [6.45, 7) is 0. The molecule has 0 aliphatic carbocycles. The molecule has 0 unspecified atom stereocenters. The van der Waals surface area contributed by atoms with E-state index in [1.54, 1.807) is 25.3 Å². The van der Waals surface area contributed by atoms with Gasteiger partial charge in [-0.05, 0) is 46.3 Å². The van der Waals surface area contributed by atoms with E-state index in [4.69, 9.17) is 14.6 Å². The Kier molecular flexibility index (Phi) is 5.76. The Morgan fingerprint density at radius 1 is 1.00 bits per heavy atom. The average Bonchev–Trinajstić information content (AvgIpc) is 2.59. The molecule has 5 nitrogen and oxygen atoms in total. The van der Waals surface area contributed by atoms with Gasteiger partial charge in [-0.15, -0.1) is 0 Å². The lowest BCUT2D eigenvalue weighted by atomic mass is 10.1. The molecule has 0 fully saturated rings. The first-order valence-corrected chi connectivity index (χ1v) is 7.73. The molecular weight excluding hydrogens is 376 g/mol. The first-order valence-electron chi connectivity index (χ1n) is 6.93. The van der Waals surface area contributed by atoms with Gasteiger partial charge in [-0.25, -0.2) is 4.79 Å². The van der Waals surface area contributed by atoms with E-state index in [9.17, 15) is 9.59 Å². The van der Waals surface area contributed by atoms with Crippen LogP contribution in [0, 0.1) is 0 Å². The highest BCUT2D eigenvalue weighted by molar-refractivity contribution is 9.10. The van der Waals surface area contributed by atoms with Gasteiger partial charge in [0, 0.05) is 17.2 Å². The van der Waals surface area contributed by atoms with Crippen molar-refractivity contribution < 1.29 is 24.2 Å². The van der Waals surface area contributed by atoms with Crippen LogP contribution in [0.25, 0.3) is 6.08 Å². The SMILES string of the molecule is COc1cc(OC)c(/C=C/C(=O)c2ccc(C(=O)O)cc2)cc1Br. The number of carbonyl (C=O) groups excluding carboxylic acids is 1. The molecule has 0 aromatic heterocycles. The Morgan fingerprint density at radius 3 is 2.12 bits per heavy atom. The van der Waals surface area contributed by atoms with E-state index in [2.05, 4.69) is 15.9 Å².